The summed E-state index contributed by atoms with van der Waals surface area (Å²) in [6, 6.07) is 5.62. The molecular formula is C15H23NO3. The average molecular weight is 265 g/mol. The summed E-state index contributed by atoms with van der Waals surface area (Å²) in [6.45, 7) is 3.01. The van der Waals surface area contributed by atoms with Crippen LogP contribution in [-0.4, -0.2) is 30.0 Å². The maximum Gasteiger partial charge on any atom is 0.160 e. The van der Waals surface area contributed by atoms with E-state index in [0.29, 0.717) is 11.7 Å². The van der Waals surface area contributed by atoms with Crippen LogP contribution in [-0.2, 0) is 0 Å². The second-order valence-corrected chi connectivity index (χ2v) is 5.39. The molecule has 1 aliphatic rings. The van der Waals surface area contributed by atoms with Crippen molar-refractivity contribution in [3.63, 3.8) is 0 Å². The minimum atomic E-state index is -0.115. The molecule has 0 spiro atoms. The van der Waals surface area contributed by atoms with Crippen molar-refractivity contribution in [3.8, 4) is 11.5 Å². The van der Waals surface area contributed by atoms with Crippen molar-refractivity contribution in [2.45, 2.75) is 38.3 Å². The lowest BCUT2D eigenvalue weighted by molar-refractivity contribution is 0.177. The first kappa shape index (κ1) is 14.2. The molecule has 1 saturated carbocycles. The van der Waals surface area contributed by atoms with Gasteiger partial charge in [-0.05, 0) is 56.3 Å². The van der Waals surface area contributed by atoms with Crippen LogP contribution >= 0.6 is 0 Å². The summed E-state index contributed by atoms with van der Waals surface area (Å²) < 4.78 is 5.12. The van der Waals surface area contributed by atoms with Crippen molar-refractivity contribution >= 4 is 0 Å². The number of phenols is 1. The van der Waals surface area contributed by atoms with Gasteiger partial charge < -0.3 is 20.3 Å². The van der Waals surface area contributed by atoms with Crippen LogP contribution in [0.5, 0.6) is 11.5 Å². The molecule has 3 unspecified atom stereocenters. The van der Waals surface area contributed by atoms with Gasteiger partial charge in [0.2, 0.25) is 0 Å². The molecule has 3 atom stereocenters. The molecule has 19 heavy (non-hydrogen) atoms. The van der Waals surface area contributed by atoms with Gasteiger partial charge in [0.15, 0.2) is 11.5 Å². The van der Waals surface area contributed by atoms with Crippen LogP contribution in [0.3, 0.4) is 0 Å². The lowest BCUT2D eigenvalue weighted by Crippen LogP contribution is -2.25. The van der Waals surface area contributed by atoms with E-state index < -0.39 is 0 Å². The van der Waals surface area contributed by atoms with E-state index in [9.17, 15) is 10.2 Å². The zero-order valence-electron chi connectivity index (χ0n) is 11.6. The lowest BCUT2D eigenvalue weighted by atomic mass is 10.0. The summed E-state index contributed by atoms with van der Waals surface area (Å²) in [5, 5.41) is 22.6. The number of hydrogen-bond donors (Lipinski definition) is 3. The Labute approximate surface area is 114 Å². The molecule has 1 aromatic rings. The molecule has 1 fully saturated rings. The molecule has 0 bridgehead atoms. The number of aliphatic hydroxyl groups excluding tert-OH is 1. The normalized spacial score (nSPS) is 24.4. The second-order valence-electron chi connectivity index (χ2n) is 5.39. The zero-order chi connectivity index (χ0) is 13.8. The summed E-state index contributed by atoms with van der Waals surface area (Å²) in [4.78, 5) is 0. The fraction of sp³-hybridized carbons (Fsp3) is 0.600. The summed E-state index contributed by atoms with van der Waals surface area (Å²) in [5.74, 6) is 1.23. The molecule has 2 rings (SSSR count). The van der Waals surface area contributed by atoms with Gasteiger partial charge in [0.1, 0.15) is 0 Å². The number of benzene rings is 1. The number of ether oxygens (including phenoxy) is 1. The maximum absolute atomic E-state index is 9.58. The number of aliphatic hydroxyl groups is 1. The molecule has 1 aromatic carbocycles. The van der Waals surface area contributed by atoms with Crippen LogP contribution in [0.25, 0.3) is 0 Å². The highest BCUT2D eigenvalue weighted by atomic mass is 16.5. The van der Waals surface area contributed by atoms with Crippen molar-refractivity contribution in [1.82, 2.24) is 5.32 Å². The summed E-state index contributed by atoms with van der Waals surface area (Å²) in [5.41, 5.74) is 1.09. The Morgan fingerprint density at radius 3 is 2.84 bits per heavy atom. The maximum atomic E-state index is 9.58. The number of nitrogens with one attached hydrogen (secondary N) is 1. The molecule has 0 saturated heterocycles. The molecule has 0 heterocycles. The Morgan fingerprint density at radius 2 is 2.21 bits per heavy atom. The van der Waals surface area contributed by atoms with Gasteiger partial charge in [0.05, 0.1) is 13.2 Å². The lowest BCUT2D eigenvalue weighted by Gasteiger charge is -2.18. The molecule has 4 heteroatoms. The first-order chi connectivity index (χ1) is 9.10. The molecular weight excluding hydrogens is 242 g/mol. The van der Waals surface area contributed by atoms with E-state index in [1.165, 1.54) is 0 Å². The average Bonchev–Trinajstić information content (AvgIpc) is 2.82. The van der Waals surface area contributed by atoms with Crippen LogP contribution in [0.1, 0.15) is 37.8 Å². The summed E-state index contributed by atoms with van der Waals surface area (Å²) in [7, 11) is 1.55. The minimum Gasteiger partial charge on any atom is -0.504 e. The van der Waals surface area contributed by atoms with Crippen LogP contribution in [0.2, 0.25) is 0 Å². The van der Waals surface area contributed by atoms with Gasteiger partial charge in [-0.15, -0.1) is 0 Å². The van der Waals surface area contributed by atoms with Gasteiger partial charge in [-0.1, -0.05) is 6.07 Å². The number of hydrogen-bond acceptors (Lipinski definition) is 4. The van der Waals surface area contributed by atoms with E-state index in [1.807, 2.05) is 12.1 Å². The van der Waals surface area contributed by atoms with Crippen molar-refractivity contribution in [1.29, 1.82) is 0 Å². The Bertz CT molecular complexity index is 422. The third kappa shape index (κ3) is 3.61. The van der Waals surface area contributed by atoms with Gasteiger partial charge >= 0.3 is 0 Å². The van der Waals surface area contributed by atoms with Gasteiger partial charge in [-0.25, -0.2) is 0 Å². The van der Waals surface area contributed by atoms with Crippen LogP contribution < -0.4 is 10.1 Å². The highest BCUT2D eigenvalue weighted by molar-refractivity contribution is 5.42. The summed E-state index contributed by atoms with van der Waals surface area (Å²) in [6.07, 6.45) is 2.81. The fourth-order valence-corrected chi connectivity index (χ4v) is 2.66. The highest BCUT2D eigenvalue weighted by Crippen LogP contribution is 2.29. The van der Waals surface area contributed by atoms with Crippen molar-refractivity contribution in [3.05, 3.63) is 23.8 Å². The van der Waals surface area contributed by atoms with Gasteiger partial charge in [-0.3, -0.25) is 0 Å². The van der Waals surface area contributed by atoms with E-state index >= 15 is 0 Å². The Hall–Kier alpha value is -1.26. The first-order valence-corrected chi connectivity index (χ1v) is 6.88. The van der Waals surface area contributed by atoms with E-state index in [0.717, 1.165) is 31.4 Å². The van der Waals surface area contributed by atoms with E-state index in [4.69, 9.17) is 4.74 Å². The van der Waals surface area contributed by atoms with E-state index in [2.05, 4.69) is 12.2 Å². The monoisotopic (exact) mass is 265 g/mol. The van der Waals surface area contributed by atoms with Crippen LogP contribution in [0.4, 0.5) is 0 Å². The Morgan fingerprint density at radius 1 is 1.42 bits per heavy atom. The topological polar surface area (TPSA) is 61.7 Å². The van der Waals surface area contributed by atoms with E-state index in [1.54, 1.807) is 13.2 Å². The van der Waals surface area contributed by atoms with Crippen LogP contribution in [0.15, 0.2) is 18.2 Å². The predicted octanol–water partition coefficient (Wildman–Crippen LogP) is 2.21. The number of methoxy groups -OCH3 is 1. The minimum absolute atomic E-state index is 0.115. The molecule has 0 aliphatic heterocycles. The molecule has 0 aromatic heterocycles. The molecule has 4 nitrogen and oxygen atoms in total. The Balaban J connectivity index is 1.90. The van der Waals surface area contributed by atoms with Gasteiger partial charge in [0.25, 0.3) is 0 Å². The van der Waals surface area contributed by atoms with E-state index in [-0.39, 0.29) is 17.9 Å². The SMILES string of the molecule is COc1cc(C(C)NCC2CCC(O)C2)ccc1O. The fourth-order valence-electron chi connectivity index (χ4n) is 2.66. The molecule has 0 amide bonds. The van der Waals surface area contributed by atoms with Gasteiger partial charge in [0, 0.05) is 6.04 Å². The summed E-state index contributed by atoms with van der Waals surface area (Å²) >= 11 is 0. The molecule has 1 aliphatic carbocycles. The highest BCUT2D eigenvalue weighted by Gasteiger charge is 2.23. The molecule has 106 valence electrons. The van der Waals surface area contributed by atoms with Crippen LogP contribution in [0, 0.1) is 5.92 Å². The smallest absolute Gasteiger partial charge is 0.160 e. The quantitative estimate of drug-likeness (QED) is 0.764. The number of aromatic hydroxyl groups is 1. The molecule has 3 N–H and O–H groups in total. The number of phenolic OH excluding ortho intramolecular Hbond substituents is 1. The standard InChI is InChI=1S/C15H23NO3/c1-10(16-9-11-3-5-13(17)7-11)12-4-6-14(18)15(8-12)19-2/h4,6,8,10-11,13,16-18H,3,5,7,9H2,1-2H3. The van der Waals surface area contributed by atoms with Crippen molar-refractivity contribution in [2.24, 2.45) is 5.92 Å². The largest absolute Gasteiger partial charge is 0.504 e. The number of rotatable bonds is 5. The Kier molecular flexibility index (Phi) is 4.66. The zero-order valence-corrected chi connectivity index (χ0v) is 11.6. The van der Waals surface area contributed by atoms with Gasteiger partial charge in [-0.2, -0.15) is 0 Å². The van der Waals surface area contributed by atoms with Crippen molar-refractivity contribution in [2.75, 3.05) is 13.7 Å². The molecule has 0 radical (unpaired) electrons. The third-order valence-corrected chi connectivity index (χ3v) is 3.93. The first-order valence-electron chi connectivity index (χ1n) is 6.88. The van der Waals surface area contributed by atoms with Crippen molar-refractivity contribution < 1.29 is 14.9 Å². The predicted molar refractivity (Wildman–Crippen MR) is 74.4 cm³/mol. The second kappa shape index (κ2) is 6.26. The third-order valence-electron chi connectivity index (χ3n) is 3.93.